The monoisotopic (exact) mass is 372 g/mol. The summed E-state index contributed by atoms with van der Waals surface area (Å²) in [5, 5.41) is 6.62. The number of benzene rings is 2. The molecule has 23 heavy (non-hydrogen) atoms. The normalized spacial score (nSPS) is 11.5. The van der Waals surface area contributed by atoms with Gasteiger partial charge in [-0.1, -0.05) is 57.5 Å². The van der Waals surface area contributed by atoms with Crippen molar-refractivity contribution in [1.29, 1.82) is 0 Å². The predicted octanol–water partition coefficient (Wildman–Crippen LogP) is 4.49. The lowest BCUT2D eigenvalue weighted by Crippen LogP contribution is -2.17. The number of allylic oxidation sites excluding steroid dienone is 1. The van der Waals surface area contributed by atoms with Gasteiger partial charge in [-0.05, 0) is 42.8 Å². The molecule has 0 aliphatic heterocycles. The Hall–Kier alpha value is -2.40. The van der Waals surface area contributed by atoms with Crippen LogP contribution in [0, 0.1) is 0 Å². The summed E-state index contributed by atoms with van der Waals surface area (Å²) in [5.74, 6) is -0.246. The van der Waals surface area contributed by atoms with Gasteiger partial charge in [-0.25, -0.2) is 0 Å². The lowest BCUT2D eigenvalue weighted by atomic mass is 10.2. The van der Waals surface area contributed by atoms with E-state index in [2.05, 4.69) is 26.4 Å². The number of nitrogens with zero attached hydrogens (tertiary/aromatic N) is 1. The van der Waals surface area contributed by atoms with E-state index in [-0.39, 0.29) is 12.5 Å². The molecule has 2 aromatic carbocycles. The number of carbonyl (C=O) groups excluding carboxylic acids is 1. The third-order valence-electron chi connectivity index (χ3n) is 2.85. The van der Waals surface area contributed by atoms with Gasteiger partial charge < -0.3 is 10.2 Å². The third kappa shape index (κ3) is 6.48. The van der Waals surface area contributed by atoms with Crippen LogP contribution >= 0.6 is 15.9 Å². The van der Waals surface area contributed by atoms with Gasteiger partial charge in [-0.15, -0.1) is 0 Å². The van der Waals surface area contributed by atoms with Crippen molar-refractivity contribution in [3.05, 3.63) is 70.7 Å². The van der Waals surface area contributed by atoms with Crippen LogP contribution in [0.5, 0.6) is 0 Å². The molecule has 118 valence electrons. The van der Waals surface area contributed by atoms with E-state index in [0.717, 1.165) is 15.7 Å². The van der Waals surface area contributed by atoms with Gasteiger partial charge in [0.05, 0.1) is 5.71 Å². The number of hydrogen-bond donors (Lipinski definition) is 1. The number of halogens is 1. The largest absolute Gasteiger partial charge is 0.385 e. The fourth-order valence-corrected chi connectivity index (χ4v) is 2.00. The molecule has 1 amide bonds. The highest BCUT2D eigenvalue weighted by atomic mass is 79.9. The Morgan fingerprint density at radius 2 is 1.87 bits per heavy atom. The van der Waals surface area contributed by atoms with Crippen molar-refractivity contribution in [3.8, 4) is 0 Å². The first-order valence-electron chi connectivity index (χ1n) is 7.08. The number of oxime groups is 1. The standard InChI is InChI=1S/C18H17BrN2O2/c1-14(7-8-15-9-11-16(19)12-10-15)21-23-13-18(22)20-17-5-3-2-4-6-17/h2-12H,13H2,1H3,(H,20,22)/b8-7+,21-14+. The van der Waals surface area contributed by atoms with Crippen molar-refractivity contribution < 1.29 is 9.63 Å². The highest BCUT2D eigenvalue weighted by molar-refractivity contribution is 9.10. The van der Waals surface area contributed by atoms with Gasteiger partial charge in [-0.2, -0.15) is 0 Å². The van der Waals surface area contributed by atoms with E-state index >= 15 is 0 Å². The molecule has 0 fully saturated rings. The topological polar surface area (TPSA) is 50.7 Å². The average molecular weight is 373 g/mol. The summed E-state index contributed by atoms with van der Waals surface area (Å²) in [6.45, 7) is 1.68. The van der Waals surface area contributed by atoms with Crippen LogP contribution in [-0.4, -0.2) is 18.2 Å². The van der Waals surface area contributed by atoms with Crippen LogP contribution in [0.2, 0.25) is 0 Å². The second kappa shape index (κ2) is 8.90. The molecule has 0 aromatic heterocycles. The lowest BCUT2D eigenvalue weighted by Gasteiger charge is -2.03. The maximum absolute atomic E-state index is 11.7. The molecule has 0 heterocycles. The van der Waals surface area contributed by atoms with Gasteiger partial charge in [0.15, 0.2) is 6.61 Å². The Kier molecular flexibility index (Phi) is 6.56. The van der Waals surface area contributed by atoms with Crippen molar-refractivity contribution in [2.75, 3.05) is 11.9 Å². The van der Waals surface area contributed by atoms with Crippen molar-refractivity contribution in [3.63, 3.8) is 0 Å². The van der Waals surface area contributed by atoms with E-state index in [1.54, 1.807) is 0 Å². The van der Waals surface area contributed by atoms with E-state index in [1.807, 2.05) is 73.7 Å². The SMILES string of the molecule is CC(/C=C/c1ccc(Br)cc1)=N\OCC(=O)Nc1ccccc1. The van der Waals surface area contributed by atoms with E-state index in [4.69, 9.17) is 4.84 Å². The molecular weight excluding hydrogens is 356 g/mol. The molecule has 5 heteroatoms. The van der Waals surface area contributed by atoms with Crippen molar-refractivity contribution in [2.24, 2.45) is 5.16 Å². The van der Waals surface area contributed by atoms with Gasteiger partial charge in [0.2, 0.25) is 0 Å². The van der Waals surface area contributed by atoms with Crippen LogP contribution < -0.4 is 5.32 Å². The smallest absolute Gasteiger partial charge is 0.265 e. The summed E-state index contributed by atoms with van der Waals surface area (Å²) in [6, 6.07) is 17.1. The molecule has 0 unspecified atom stereocenters. The first kappa shape index (κ1) is 17.0. The van der Waals surface area contributed by atoms with Gasteiger partial charge in [0, 0.05) is 10.2 Å². The molecule has 0 spiro atoms. The first-order valence-corrected chi connectivity index (χ1v) is 7.88. The highest BCUT2D eigenvalue weighted by Gasteiger charge is 2.01. The number of nitrogens with one attached hydrogen (secondary N) is 1. The molecule has 0 aliphatic rings. The maximum atomic E-state index is 11.7. The Balaban J connectivity index is 1.78. The van der Waals surface area contributed by atoms with Gasteiger partial charge in [0.25, 0.3) is 5.91 Å². The zero-order chi connectivity index (χ0) is 16.5. The Bertz CT molecular complexity index is 695. The van der Waals surface area contributed by atoms with E-state index in [9.17, 15) is 4.79 Å². The lowest BCUT2D eigenvalue weighted by molar-refractivity contribution is -0.120. The average Bonchev–Trinajstić information content (AvgIpc) is 2.55. The predicted molar refractivity (Wildman–Crippen MR) is 97.3 cm³/mol. The molecule has 0 radical (unpaired) electrons. The summed E-state index contributed by atoms with van der Waals surface area (Å²) >= 11 is 3.39. The summed E-state index contributed by atoms with van der Waals surface area (Å²) in [5.41, 5.74) is 2.47. The molecule has 2 aromatic rings. The van der Waals surface area contributed by atoms with Crippen molar-refractivity contribution in [2.45, 2.75) is 6.92 Å². The zero-order valence-electron chi connectivity index (χ0n) is 12.7. The molecule has 0 saturated carbocycles. The summed E-state index contributed by atoms with van der Waals surface area (Å²) in [6.07, 6.45) is 3.76. The summed E-state index contributed by atoms with van der Waals surface area (Å²) < 4.78 is 1.04. The van der Waals surface area contributed by atoms with E-state index in [1.165, 1.54) is 0 Å². The van der Waals surface area contributed by atoms with Crippen LogP contribution in [-0.2, 0) is 9.63 Å². The number of hydrogen-bond acceptors (Lipinski definition) is 3. The Labute approximate surface area is 144 Å². The molecular formula is C18H17BrN2O2. The second-order valence-electron chi connectivity index (χ2n) is 4.81. The number of carbonyl (C=O) groups is 1. The van der Waals surface area contributed by atoms with Crippen LogP contribution in [0.15, 0.2) is 70.3 Å². The maximum Gasteiger partial charge on any atom is 0.265 e. The molecule has 0 atom stereocenters. The minimum atomic E-state index is -0.246. The fraction of sp³-hybridized carbons (Fsp3) is 0.111. The Morgan fingerprint density at radius 1 is 1.17 bits per heavy atom. The summed E-state index contributed by atoms with van der Waals surface area (Å²) in [7, 11) is 0. The first-order chi connectivity index (χ1) is 11.1. The Morgan fingerprint density at radius 3 is 2.57 bits per heavy atom. The second-order valence-corrected chi connectivity index (χ2v) is 5.72. The van der Waals surface area contributed by atoms with Crippen LogP contribution in [0.1, 0.15) is 12.5 Å². The molecule has 0 saturated heterocycles. The van der Waals surface area contributed by atoms with Gasteiger partial charge in [-0.3, -0.25) is 4.79 Å². The number of amides is 1. The minimum Gasteiger partial charge on any atom is -0.385 e. The molecule has 0 aliphatic carbocycles. The summed E-state index contributed by atoms with van der Waals surface area (Å²) in [4.78, 5) is 16.7. The van der Waals surface area contributed by atoms with Crippen LogP contribution in [0.4, 0.5) is 5.69 Å². The van der Waals surface area contributed by atoms with Crippen molar-refractivity contribution >= 4 is 39.3 Å². The molecule has 4 nitrogen and oxygen atoms in total. The molecule has 1 N–H and O–H groups in total. The number of anilines is 1. The quantitative estimate of drug-likeness (QED) is 0.599. The van der Waals surface area contributed by atoms with Gasteiger partial charge in [0.1, 0.15) is 0 Å². The molecule has 0 bridgehead atoms. The van der Waals surface area contributed by atoms with Gasteiger partial charge >= 0.3 is 0 Å². The van der Waals surface area contributed by atoms with Crippen LogP contribution in [0.3, 0.4) is 0 Å². The van der Waals surface area contributed by atoms with Crippen molar-refractivity contribution in [1.82, 2.24) is 0 Å². The fourth-order valence-electron chi connectivity index (χ4n) is 1.73. The van der Waals surface area contributed by atoms with Crippen LogP contribution in [0.25, 0.3) is 6.08 Å². The number of rotatable bonds is 6. The third-order valence-corrected chi connectivity index (χ3v) is 3.38. The zero-order valence-corrected chi connectivity index (χ0v) is 14.3. The van der Waals surface area contributed by atoms with E-state index < -0.39 is 0 Å². The molecule has 2 rings (SSSR count). The minimum absolute atomic E-state index is 0.127. The highest BCUT2D eigenvalue weighted by Crippen LogP contribution is 2.11. The number of para-hydroxylation sites is 1. The van der Waals surface area contributed by atoms with E-state index in [0.29, 0.717) is 5.71 Å².